The summed E-state index contributed by atoms with van der Waals surface area (Å²) >= 11 is 0. The molecule has 0 amide bonds. The number of benzene rings is 3. The number of ether oxygens (including phenoxy) is 2. The summed E-state index contributed by atoms with van der Waals surface area (Å²) in [7, 11) is 0. The molecule has 152 valence electrons. The van der Waals surface area contributed by atoms with Crippen LogP contribution in [0.15, 0.2) is 91.0 Å². The second-order valence-corrected chi connectivity index (χ2v) is 7.59. The molecule has 1 fully saturated rings. The van der Waals surface area contributed by atoms with Crippen molar-refractivity contribution in [1.29, 1.82) is 5.26 Å². The van der Waals surface area contributed by atoms with Crippen LogP contribution in [0.2, 0.25) is 0 Å². The highest BCUT2D eigenvalue weighted by Gasteiger charge is 2.43. The van der Waals surface area contributed by atoms with Gasteiger partial charge in [-0.15, -0.1) is 0 Å². The average Bonchev–Trinajstić information content (AvgIpc) is 3.14. The molecule has 4 heteroatoms. The largest absolute Gasteiger partial charge is 0.369 e. The van der Waals surface area contributed by atoms with Crippen molar-refractivity contribution in [2.45, 2.75) is 38.0 Å². The number of nitriles is 1. The molecule has 0 spiro atoms. The molecule has 0 aliphatic carbocycles. The molecule has 3 atom stereocenters. The number of rotatable bonds is 8. The Morgan fingerprint density at radius 1 is 0.733 bits per heavy atom. The van der Waals surface area contributed by atoms with Crippen LogP contribution in [0.25, 0.3) is 0 Å². The van der Waals surface area contributed by atoms with Gasteiger partial charge in [-0.2, -0.15) is 5.26 Å². The minimum absolute atomic E-state index is 0.165. The first kappa shape index (κ1) is 20.3. The lowest BCUT2D eigenvalue weighted by Gasteiger charge is -2.23. The highest BCUT2D eigenvalue weighted by molar-refractivity contribution is 5.18. The van der Waals surface area contributed by atoms with Crippen LogP contribution in [0.1, 0.15) is 16.7 Å². The zero-order valence-electron chi connectivity index (χ0n) is 16.9. The average molecular weight is 399 g/mol. The van der Waals surface area contributed by atoms with Gasteiger partial charge >= 0.3 is 0 Å². The lowest BCUT2D eigenvalue weighted by molar-refractivity contribution is -0.0653. The Labute approximate surface area is 178 Å². The number of hydrogen-bond donors (Lipinski definition) is 0. The molecule has 0 bridgehead atoms. The smallest absolute Gasteiger partial charge is 0.127 e. The molecule has 1 aliphatic rings. The van der Waals surface area contributed by atoms with Gasteiger partial charge < -0.3 is 9.47 Å². The van der Waals surface area contributed by atoms with E-state index >= 15 is 0 Å². The van der Waals surface area contributed by atoms with E-state index in [1.165, 1.54) is 5.56 Å². The maximum atomic E-state index is 9.96. The van der Waals surface area contributed by atoms with Crippen molar-refractivity contribution in [3.8, 4) is 6.07 Å². The van der Waals surface area contributed by atoms with Gasteiger partial charge in [0.15, 0.2) is 0 Å². The first-order valence-corrected chi connectivity index (χ1v) is 10.3. The summed E-state index contributed by atoms with van der Waals surface area (Å²) in [6.07, 6.45) is -0.468. The fourth-order valence-corrected chi connectivity index (χ4v) is 3.89. The summed E-state index contributed by atoms with van der Waals surface area (Å²) in [6.45, 7) is 2.34. The van der Waals surface area contributed by atoms with Crippen LogP contribution in [0, 0.1) is 11.3 Å². The molecule has 0 N–H and O–H groups in total. The standard InChI is InChI=1S/C26H26N2O2/c27-16-24-26(30-20-23-14-8-3-9-15-23)25(29-19-22-12-6-2-7-13-22)18-28(24)17-21-10-4-1-5-11-21/h1-15,24-26H,17-20H2. The predicted molar refractivity (Wildman–Crippen MR) is 116 cm³/mol. The van der Waals surface area contributed by atoms with Gasteiger partial charge in [-0.05, 0) is 16.7 Å². The second kappa shape index (κ2) is 10.2. The van der Waals surface area contributed by atoms with Gasteiger partial charge in [0, 0.05) is 13.1 Å². The van der Waals surface area contributed by atoms with E-state index < -0.39 is 0 Å². The van der Waals surface area contributed by atoms with Crippen molar-refractivity contribution in [3.05, 3.63) is 108 Å². The molecule has 30 heavy (non-hydrogen) atoms. The topological polar surface area (TPSA) is 45.5 Å². The molecule has 4 rings (SSSR count). The fourth-order valence-electron chi connectivity index (χ4n) is 3.89. The second-order valence-electron chi connectivity index (χ2n) is 7.59. The van der Waals surface area contributed by atoms with E-state index in [0.29, 0.717) is 26.3 Å². The molecule has 1 heterocycles. The Morgan fingerprint density at radius 2 is 1.23 bits per heavy atom. The zero-order chi connectivity index (χ0) is 20.6. The molecule has 3 aromatic rings. The van der Waals surface area contributed by atoms with Crippen molar-refractivity contribution >= 4 is 0 Å². The molecule has 0 radical (unpaired) electrons. The van der Waals surface area contributed by atoms with Crippen LogP contribution < -0.4 is 0 Å². The van der Waals surface area contributed by atoms with Crippen molar-refractivity contribution < 1.29 is 9.47 Å². The van der Waals surface area contributed by atoms with Gasteiger partial charge in [-0.25, -0.2) is 0 Å². The van der Waals surface area contributed by atoms with Gasteiger partial charge in [0.25, 0.3) is 0 Å². The molecular weight excluding hydrogens is 372 g/mol. The van der Waals surface area contributed by atoms with Crippen molar-refractivity contribution in [3.63, 3.8) is 0 Å². The Kier molecular flexibility index (Phi) is 6.89. The van der Waals surface area contributed by atoms with E-state index in [4.69, 9.17) is 9.47 Å². The summed E-state index contributed by atoms with van der Waals surface area (Å²) < 4.78 is 12.5. The molecule has 4 nitrogen and oxygen atoms in total. The van der Waals surface area contributed by atoms with Crippen LogP contribution in [0.3, 0.4) is 0 Å². The highest BCUT2D eigenvalue weighted by Crippen LogP contribution is 2.27. The molecule has 3 aromatic carbocycles. The Morgan fingerprint density at radius 3 is 1.77 bits per heavy atom. The Hall–Kier alpha value is -2.97. The molecule has 0 aromatic heterocycles. The van der Waals surface area contributed by atoms with E-state index in [9.17, 15) is 5.26 Å². The van der Waals surface area contributed by atoms with Crippen molar-refractivity contribution in [2.75, 3.05) is 6.54 Å². The van der Waals surface area contributed by atoms with Crippen LogP contribution in [0.4, 0.5) is 0 Å². The first-order valence-electron chi connectivity index (χ1n) is 10.3. The number of nitrogens with zero attached hydrogens (tertiary/aromatic N) is 2. The normalized spacial score (nSPS) is 21.4. The van der Waals surface area contributed by atoms with E-state index in [-0.39, 0.29) is 18.2 Å². The molecular formula is C26H26N2O2. The van der Waals surface area contributed by atoms with Gasteiger partial charge in [-0.1, -0.05) is 91.0 Å². The summed E-state index contributed by atoms with van der Waals surface area (Å²) in [5, 5.41) is 9.96. The lowest BCUT2D eigenvalue weighted by Crippen LogP contribution is -2.37. The minimum atomic E-state index is -0.352. The molecule has 1 aliphatic heterocycles. The summed E-state index contributed by atoms with van der Waals surface area (Å²) in [4.78, 5) is 2.17. The molecule has 1 saturated heterocycles. The van der Waals surface area contributed by atoms with Crippen molar-refractivity contribution in [1.82, 2.24) is 4.90 Å². The predicted octanol–water partition coefficient (Wildman–Crippen LogP) is 4.57. The maximum Gasteiger partial charge on any atom is 0.127 e. The van der Waals surface area contributed by atoms with E-state index in [1.807, 2.05) is 66.7 Å². The third-order valence-electron chi connectivity index (χ3n) is 5.44. The zero-order valence-corrected chi connectivity index (χ0v) is 16.9. The SMILES string of the molecule is N#CC1C(OCc2ccccc2)C(OCc2ccccc2)CN1Cc1ccccc1. The maximum absolute atomic E-state index is 9.96. The quantitative estimate of drug-likeness (QED) is 0.558. The summed E-state index contributed by atoms with van der Waals surface area (Å²) in [5.74, 6) is 0. The van der Waals surface area contributed by atoms with E-state index in [0.717, 1.165) is 11.1 Å². The van der Waals surface area contributed by atoms with Gasteiger partial charge in [0.2, 0.25) is 0 Å². The monoisotopic (exact) mass is 398 g/mol. The number of likely N-dealkylation sites (tertiary alicyclic amines) is 1. The fraction of sp³-hybridized carbons (Fsp3) is 0.269. The van der Waals surface area contributed by atoms with Gasteiger partial charge in [0.1, 0.15) is 12.1 Å². The third kappa shape index (κ3) is 5.14. The third-order valence-corrected chi connectivity index (χ3v) is 5.44. The van der Waals surface area contributed by atoms with Crippen LogP contribution in [0.5, 0.6) is 0 Å². The van der Waals surface area contributed by atoms with Crippen LogP contribution in [-0.4, -0.2) is 29.7 Å². The molecule has 0 saturated carbocycles. The van der Waals surface area contributed by atoms with Gasteiger partial charge in [0.05, 0.1) is 25.4 Å². The van der Waals surface area contributed by atoms with E-state index in [2.05, 4.69) is 35.2 Å². The van der Waals surface area contributed by atoms with E-state index in [1.54, 1.807) is 0 Å². The van der Waals surface area contributed by atoms with Crippen LogP contribution >= 0.6 is 0 Å². The summed E-state index contributed by atoms with van der Waals surface area (Å²) in [6, 6.07) is 32.6. The Bertz CT molecular complexity index is 941. The van der Waals surface area contributed by atoms with Gasteiger partial charge in [-0.3, -0.25) is 4.90 Å². The minimum Gasteiger partial charge on any atom is -0.369 e. The first-order chi connectivity index (χ1) is 14.8. The highest BCUT2D eigenvalue weighted by atomic mass is 16.5. The lowest BCUT2D eigenvalue weighted by atomic mass is 10.1. The van der Waals surface area contributed by atoms with Crippen molar-refractivity contribution in [2.24, 2.45) is 0 Å². The molecule has 3 unspecified atom stereocenters. The van der Waals surface area contributed by atoms with Crippen LogP contribution in [-0.2, 0) is 29.2 Å². The number of hydrogen-bond acceptors (Lipinski definition) is 4. The summed E-state index contributed by atoms with van der Waals surface area (Å²) in [5.41, 5.74) is 3.40. The Balaban J connectivity index is 1.48.